The van der Waals surface area contributed by atoms with Gasteiger partial charge in [0.15, 0.2) is 16.6 Å². The van der Waals surface area contributed by atoms with Crippen LogP contribution in [-0.2, 0) is 6.54 Å². The van der Waals surface area contributed by atoms with Gasteiger partial charge >= 0.3 is 11.7 Å². The molecular weight excluding hydrogens is 412 g/mol. The van der Waals surface area contributed by atoms with Gasteiger partial charge in [-0.25, -0.2) is 24.1 Å². The molecule has 0 saturated carbocycles. The lowest BCUT2D eigenvalue weighted by Gasteiger charge is -2.14. The molecule has 0 radical (unpaired) electrons. The van der Waals surface area contributed by atoms with Crippen molar-refractivity contribution in [3.8, 4) is 0 Å². The second-order valence-electron chi connectivity index (χ2n) is 6.54. The number of thioether (sulfide) groups is 1. The van der Waals surface area contributed by atoms with Gasteiger partial charge in [0.05, 0.1) is 6.54 Å². The number of imidazole rings is 1. The minimum Gasteiger partial charge on any atom is -0.382 e. The molecule has 10 heteroatoms. The minimum atomic E-state index is -0.501. The van der Waals surface area contributed by atoms with E-state index in [1.54, 1.807) is 19.2 Å². The number of hydrogen-bond donors (Lipinski definition) is 1. The highest BCUT2D eigenvalue weighted by molar-refractivity contribution is 7.99. The third-order valence-corrected chi connectivity index (χ3v) is 5.76. The summed E-state index contributed by atoms with van der Waals surface area (Å²) in [6, 6.07) is 6.69. The lowest BCUT2D eigenvalue weighted by Crippen LogP contribution is -2.38. The fourth-order valence-electron chi connectivity index (χ4n) is 2.81. The number of benzene rings is 1. The molecule has 8 nitrogen and oxygen atoms in total. The number of nitrogens with two attached hydrogens (primary N) is 1. The number of fused-ring (bicyclic) bond motifs is 1. The molecule has 0 spiro atoms. The Hall–Kier alpha value is -2.52. The minimum absolute atomic E-state index is 0.110. The van der Waals surface area contributed by atoms with Crippen LogP contribution in [0.25, 0.3) is 11.2 Å². The zero-order valence-electron chi connectivity index (χ0n) is 16.6. The third kappa shape index (κ3) is 4.25. The Kier molecular flexibility index (Phi) is 6.49. The summed E-state index contributed by atoms with van der Waals surface area (Å²) in [7, 11) is 1.62. The standard InChI is InChI=1S/C19H23ClN6O2S/c1-4-10-29-17-22-15(21)14-16(23-17)25(11-12-6-8-13(20)9-7-12)19(28)26(14)18(27)24(3)5-2/h6-9H,4-5,10-11H2,1-3H3,(H2,21,22,23). The lowest BCUT2D eigenvalue weighted by atomic mass is 10.2. The number of nitrogen functional groups attached to an aromatic ring is 1. The van der Waals surface area contributed by atoms with Gasteiger partial charge in [-0.1, -0.05) is 42.4 Å². The molecule has 2 N–H and O–H groups in total. The van der Waals surface area contributed by atoms with Crippen molar-refractivity contribution < 1.29 is 4.79 Å². The maximum atomic E-state index is 13.2. The Morgan fingerprint density at radius 1 is 1.24 bits per heavy atom. The van der Waals surface area contributed by atoms with Gasteiger partial charge in [-0.05, 0) is 31.0 Å². The molecule has 1 amide bonds. The first-order valence-corrected chi connectivity index (χ1v) is 10.6. The molecule has 2 aromatic heterocycles. The molecule has 0 unspecified atom stereocenters. The zero-order chi connectivity index (χ0) is 21.1. The topological polar surface area (TPSA) is 99.0 Å². The number of anilines is 1. The third-order valence-electron chi connectivity index (χ3n) is 4.45. The van der Waals surface area contributed by atoms with Crippen LogP contribution < -0.4 is 11.4 Å². The van der Waals surface area contributed by atoms with Gasteiger partial charge < -0.3 is 10.6 Å². The van der Waals surface area contributed by atoms with Crippen LogP contribution in [0.5, 0.6) is 0 Å². The van der Waals surface area contributed by atoms with Crippen LogP contribution in [0, 0.1) is 0 Å². The van der Waals surface area contributed by atoms with E-state index in [-0.39, 0.29) is 17.9 Å². The smallest absolute Gasteiger partial charge is 0.339 e. The summed E-state index contributed by atoms with van der Waals surface area (Å²) < 4.78 is 2.51. The second-order valence-corrected chi connectivity index (χ2v) is 8.04. The quantitative estimate of drug-likeness (QED) is 0.472. The van der Waals surface area contributed by atoms with Crippen molar-refractivity contribution >= 4 is 46.4 Å². The molecule has 3 aromatic rings. The first-order valence-electron chi connectivity index (χ1n) is 9.28. The summed E-state index contributed by atoms with van der Waals surface area (Å²) in [5, 5.41) is 1.09. The van der Waals surface area contributed by atoms with Crippen LogP contribution in [0.2, 0.25) is 5.02 Å². The number of nitrogens with zero attached hydrogens (tertiary/aromatic N) is 5. The molecule has 0 atom stereocenters. The first-order chi connectivity index (χ1) is 13.9. The van der Waals surface area contributed by atoms with E-state index in [1.807, 2.05) is 19.1 Å². The van der Waals surface area contributed by atoms with E-state index in [1.165, 1.54) is 21.2 Å². The van der Waals surface area contributed by atoms with Crippen LogP contribution in [-0.4, -0.2) is 49.4 Å². The van der Waals surface area contributed by atoms with Crippen molar-refractivity contribution in [2.75, 3.05) is 25.1 Å². The van der Waals surface area contributed by atoms with Gasteiger partial charge in [0, 0.05) is 24.4 Å². The van der Waals surface area contributed by atoms with E-state index in [4.69, 9.17) is 17.3 Å². The highest BCUT2D eigenvalue weighted by Gasteiger charge is 2.25. The summed E-state index contributed by atoms with van der Waals surface area (Å²) in [6.07, 6.45) is 0.949. The fourth-order valence-corrected chi connectivity index (χ4v) is 3.63. The number of halogens is 1. The van der Waals surface area contributed by atoms with Crippen molar-refractivity contribution in [1.82, 2.24) is 24.0 Å². The number of amides is 1. The first kappa shape index (κ1) is 21.2. The zero-order valence-corrected chi connectivity index (χ0v) is 18.1. The van der Waals surface area contributed by atoms with Crippen molar-refractivity contribution in [1.29, 1.82) is 0 Å². The van der Waals surface area contributed by atoms with Crippen molar-refractivity contribution in [2.24, 2.45) is 0 Å². The van der Waals surface area contributed by atoms with Gasteiger partial charge in [0.2, 0.25) is 0 Å². The summed E-state index contributed by atoms with van der Waals surface area (Å²) >= 11 is 7.43. The molecule has 0 aliphatic heterocycles. The van der Waals surface area contributed by atoms with Gasteiger partial charge in [-0.15, -0.1) is 0 Å². The molecule has 29 heavy (non-hydrogen) atoms. The van der Waals surface area contributed by atoms with E-state index in [0.29, 0.717) is 22.4 Å². The molecule has 0 aliphatic rings. The van der Waals surface area contributed by atoms with Crippen LogP contribution in [0.4, 0.5) is 10.6 Å². The highest BCUT2D eigenvalue weighted by atomic mass is 35.5. The van der Waals surface area contributed by atoms with Crippen LogP contribution in [0.1, 0.15) is 25.8 Å². The summed E-state index contributed by atoms with van der Waals surface area (Å²) in [6.45, 7) is 4.56. The summed E-state index contributed by atoms with van der Waals surface area (Å²) in [5.74, 6) is 0.934. The van der Waals surface area contributed by atoms with E-state index < -0.39 is 11.7 Å². The lowest BCUT2D eigenvalue weighted by molar-refractivity contribution is 0.212. The second kappa shape index (κ2) is 8.87. The predicted octanol–water partition coefficient (Wildman–Crippen LogP) is 3.30. The average Bonchev–Trinajstić information content (AvgIpc) is 2.99. The van der Waals surface area contributed by atoms with Gasteiger partial charge in [-0.3, -0.25) is 4.57 Å². The van der Waals surface area contributed by atoms with Crippen molar-refractivity contribution in [2.45, 2.75) is 32.0 Å². The number of rotatable bonds is 6. The van der Waals surface area contributed by atoms with Gasteiger partial charge in [0.1, 0.15) is 5.52 Å². The number of carbonyl (C=O) groups is 1. The monoisotopic (exact) mass is 434 g/mol. The molecule has 1 aromatic carbocycles. The molecule has 0 aliphatic carbocycles. The maximum absolute atomic E-state index is 13.2. The molecule has 0 bridgehead atoms. The van der Waals surface area contributed by atoms with Crippen LogP contribution in [0.15, 0.2) is 34.2 Å². The van der Waals surface area contributed by atoms with Crippen LogP contribution >= 0.6 is 23.4 Å². The Morgan fingerprint density at radius 2 is 1.93 bits per heavy atom. The summed E-state index contributed by atoms with van der Waals surface area (Å²) in [4.78, 5) is 36.4. The molecule has 0 fully saturated rings. The van der Waals surface area contributed by atoms with Gasteiger partial charge in [-0.2, -0.15) is 0 Å². The molecule has 154 valence electrons. The fraction of sp³-hybridized carbons (Fsp3) is 0.368. The Morgan fingerprint density at radius 3 is 2.55 bits per heavy atom. The number of aromatic nitrogens is 4. The SMILES string of the molecule is CCCSc1nc(N)c2c(n1)n(Cc1ccc(Cl)cc1)c(=O)n2C(=O)N(C)CC. The highest BCUT2D eigenvalue weighted by Crippen LogP contribution is 2.24. The Balaban J connectivity index is 2.22. The van der Waals surface area contributed by atoms with E-state index >= 15 is 0 Å². The van der Waals surface area contributed by atoms with Crippen molar-refractivity contribution in [3.05, 3.63) is 45.3 Å². The predicted molar refractivity (Wildman–Crippen MR) is 117 cm³/mol. The normalized spacial score (nSPS) is 11.2. The largest absolute Gasteiger partial charge is 0.382 e. The van der Waals surface area contributed by atoms with E-state index in [9.17, 15) is 9.59 Å². The molecular formula is C19H23ClN6O2S. The molecule has 0 saturated heterocycles. The Labute approximate surface area is 177 Å². The summed E-state index contributed by atoms with van der Waals surface area (Å²) in [5.41, 5.74) is 7.10. The molecule has 2 heterocycles. The average molecular weight is 435 g/mol. The van der Waals surface area contributed by atoms with E-state index in [0.717, 1.165) is 22.3 Å². The Bertz CT molecular complexity index is 1090. The number of hydrogen-bond acceptors (Lipinski definition) is 6. The molecule has 3 rings (SSSR count). The van der Waals surface area contributed by atoms with Crippen LogP contribution in [0.3, 0.4) is 0 Å². The van der Waals surface area contributed by atoms with Gasteiger partial charge in [0.25, 0.3) is 0 Å². The van der Waals surface area contributed by atoms with Crippen molar-refractivity contribution in [3.63, 3.8) is 0 Å². The maximum Gasteiger partial charge on any atom is 0.339 e. The van der Waals surface area contributed by atoms with E-state index in [2.05, 4.69) is 16.9 Å². The number of carbonyl (C=O) groups excluding carboxylic acids is 1.